The highest BCUT2D eigenvalue weighted by Crippen LogP contribution is 2.38. The van der Waals surface area contributed by atoms with Gasteiger partial charge in [0, 0.05) is 24.8 Å². The molecule has 1 aromatic carbocycles. The van der Waals surface area contributed by atoms with Crippen LogP contribution >= 0.6 is 0 Å². The predicted molar refractivity (Wildman–Crippen MR) is 105 cm³/mol. The first-order valence-electron chi connectivity index (χ1n) is 9.61. The maximum atomic E-state index is 11.7. The molecule has 0 bridgehead atoms. The van der Waals surface area contributed by atoms with Crippen LogP contribution in [0.15, 0.2) is 48.7 Å². The maximum Gasteiger partial charge on any atom is 0.248 e. The van der Waals surface area contributed by atoms with Crippen molar-refractivity contribution in [2.75, 3.05) is 31.1 Å². The highest BCUT2D eigenvalue weighted by Gasteiger charge is 2.46. The number of hydrogen-bond acceptors (Lipinski definition) is 5. The fraction of sp³-hybridized carbons (Fsp3) is 0.429. The average Bonchev–Trinajstić information content (AvgIpc) is 3.23. The summed E-state index contributed by atoms with van der Waals surface area (Å²) >= 11 is 0. The van der Waals surface area contributed by atoms with Crippen molar-refractivity contribution >= 4 is 11.7 Å². The third-order valence-corrected chi connectivity index (χ3v) is 5.92. The summed E-state index contributed by atoms with van der Waals surface area (Å²) in [6, 6.07) is 13.3. The second kappa shape index (κ2) is 7.29. The third kappa shape index (κ3) is 3.42. The lowest BCUT2D eigenvalue weighted by atomic mass is 9.79. The van der Waals surface area contributed by atoms with Gasteiger partial charge in [-0.2, -0.15) is 0 Å². The van der Waals surface area contributed by atoms with Gasteiger partial charge in [-0.3, -0.25) is 9.69 Å². The molecule has 0 spiro atoms. The van der Waals surface area contributed by atoms with Gasteiger partial charge in [-0.05, 0) is 50.0 Å². The first kappa shape index (κ1) is 17.9. The minimum absolute atomic E-state index is 0.0183. The first-order valence-corrected chi connectivity index (χ1v) is 9.61. The zero-order valence-electron chi connectivity index (χ0n) is 15.4. The largest absolute Gasteiger partial charge is 0.383 e. The van der Waals surface area contributed by atoms with Gasteiger partial charge in [0.15, 0.2) is 0 Å². The van der Waals surface area contributed by atoms with Crippen molar-refractivity contribution in [3.8, 4) is 0 Å². The van der Waals surface area contributed by atoms with Crippen LogP contribution in [0, 0.1) is 0 Å². The number of nitrogens with zero attached hydrogens (tertiary/aromatic N) is 3. The van der Waals surface area contributed by atoms with Crippen molar-refractivity contribution in [1.29, 1.82) is 0 Å². The quantitative estimate of drug-likeness (QED) is 0.861. The van der Waals surface area contributed by atoms with E-state index >= 15 is 0 Å². The Morgan fingerprint density at radius 2 is 1.89 bits per heavy atom. The zero-order valence-corrected chi connectivity index (χ0v) is 15.4. The lowest BCUT2D eigenvalue weighted by Crippen LogP contribution is -2.60. The van der Waals surface area contributed by atoms with E-state index < -0.39 is 11.5 Å². The van der Waals surface area contributed by atoms with E-state index in [1.54, 1.807) is 18.3 Å². The summed E-state index contributed by atoms with van der Waals surface area (Å²) in [5.74, 6) is 0.290. The van der Waals surface area contributed by atoms with Gasteiger partial charge in [0.1, 0.15) is 11.4 Å². The summed E-state index contributed by atoms with van der Waals surface area (Å²) in [5, 5.41) is 11.7. The average molecular weight is 366 g/mol. The SMILES string of the molecule is NC(=O)c1ccnc(N2CC[C@](O)(c3ccccc3)[C@H](N3CCCC3)C2)c1. The van der Waals surface area contributed by atoms with Crippen molar-refractivity contribution in [1.82, 2.24) is 9.88 Å². The molecule has 2 saturated heterocycles. The molecule has 1 amide bonds. The molecule has 6 heteroatoms. The molecule has 3 N–H and O–H groups in total. The Kier molecular flexibility index (Phi) is 4.85. The normalized spacial score (nSPS) is 26.3. The van der Waals surface area contributed by atoms with Gasteiger partial charge < -0.3 is 15.7 Å². The van der Waals surface area contributed by atoms with Crippen LogP contribution in [-0.4, -0.2) is 53.1 Å². The monoisotopic (exact) mass is 366 g/mol. The molecular formula is C21H26N4O2. The van der Waals surface area contributed by atoms with Crippen molar-refractivity contribution < 1.29 is 9.90 Å². The smallest absolute Gasteiger partial charge is 0.248 e. The predicted octanol–water partition coefficient (Wildman–Crippen LogP) is 1.74. The fourth-order valence-electron chi connectivity index (χ4n) is 4.41. The van der Waals surface area contributed by atoms with E-state index in [4.69, 9.17) is 5.73 Å². The Hall–Kier alpha value is -2.44. The zero-order chi connectivity index (χ0) is 18.9. The Labute approximate surface area is 159 Å². The molecule has 0 radical (unpaired) electrons. The number of hydrogen-bond donors (Lipinski definition) is 2. The van der Waals surface area contributed by atoms with Gasteiger partial charge in [0.05, 0.1) is 6.04 Å². The Bertz CT molecular complexity index is 807. The van der Waals surface area contributed by atoms with Gasteiger partial charge in [-0.15, -0.1) is 0 Å². The number of aliphatic hydroxyl groups is 1. The number of likely N-dealkylation sites (tertiary alicyclic amines) is 1. The number of primary amides is 1. The minimum atomic E-state index is -0.886. The maximum absolute atomic E-state index is 11.7. The van der Waals surface area contributed by atoms with E-state index in [0.29, 0.717) is 25.1 Å². The van der Waals surface area contributed by atoms with Crippen LogP contribution in [0.25, 0.3) is 0 Å². The van der Waals surface area contributed by atoms with E-state index in [1.807, 2.05) is 30.3 Å². The van der Waals surface area contributed by atoms with E-state index in [1.165, 1.54) is 0 Å². The van der Waals surface area contributed by atoms with Crippen LogP contribution < -0.4 is 10.6 Å². The summed E-state index contributed by atoms with van der Waals surface area (Å²) in [7, 11) is 0. The van der Waals surface area contributed by atoms with Crippen molar-refractivity contribution in [3.63, 3.8) is 0 Å². The molecule has 0 saturated carbocycles. The minimum Gasteiger partial charge on any atom is -0.383 e. The molecule has 27 heavy (non-hydrogen) atoms. The molecule has 2 aliphatic heterocycles. The van der Waals surface area contributed by atoms with E-state index in [-0.39, 0.29) is 6.04 Å². The molecule has 142 valence electrons. The molecule has 2 fully saturated rings. The van der Waals surface area contributed by atoms with Crippen LogP contribution in [0.3, 0.4) is 0 Å². The summed E-state index contributed by atoms with van der Waals surface area (Å²) < 4.78 is 0. The number of carbonyl (C=O) groups excluding carboxylic acids is 1. The summed E-state index contributed by atoms with van der Waals surface area (Å²) in [4.78, 5) is 20.5. The van der Waals surface area contributed by atoms with Crippen molar-refractivity contribution in [2.45, 2.75) is 30.9 Å². The molecule has 6 nitrogen and oxygen atoms in total. The Balaban J connectivity index is 1.65. The molecule has 1 aromatic heterocycles. The molecule has 4 rings (SSSR count). The van der Waals surface area contributed by atoms with E-state index in [2.05, 4.69) is 14.8 Å². The van der Waals surface area contributed by atoms with Gasteiger partial charge >= 0.3 is 0 Å². The number of nitrogens with two attached hydrogens (primary N) is 1. The van der Waals surface area contributed by atoms with Gasteiger partial charge in [-0.1, -0.05) is 30.3 Å². The fourth-order valence-corrected chi connectivity index (χ4v) is 4.41. The summed E-state index contributed by atoms with van der Waals surface area (Å²) in [6.45, 7) is 3.34. The standard InChI is InChI=1S/C21H26N4O2/c22-20(26)16-8-10-23-19(14-16)25-13-9-21(27,17-6-2-1-3-7-17)18(15-25)24-11-4-5-12-24/h1-3,6-8,10,14,18,27H,4-5,9,11-13,15H2,(H2,22,26)/t18-,21+/m1/s1. The van der Waals surface area contributed by atoms with Gasteiger partial charge in [-0.25, -0.2) is 4.98 Å². The van der Waals surface area contributed by atoms with Crippen molar-refractivity contribution in [3.05, 3.63) is 59.8 Å². The third-order valence-electron chi connectivity index (χ3n) is 5.92. The Morgan fingerprint density at radius 1 is 1.15 bits per heavy atom. The number of carbonyl (C=O) groups is 1. The van der Waals surface area contributed by atoms with Crippen molar-refractivity contribution in [2.24, 2.45) is 5.73 Å². The number of rotatable bonds is 4. The molecule has 3 heterocycles. The van der Waals surface area contributed by atoms with Crippen LogP contribution in [0.5, 0.6) is 0 Å². The molecule has 0 aliphatic carbocycles. The summed E-state index contributed by atoms with van der Waals surface area (Å²) in [5.41, 5.74) is 5.97. The molecular weight excluding hydrogens is 340 g/mol. The van der Waals surface area contributed by atoms with Crippen LogP contribution in [0.2, 0.25) is 0 Å². The molecule has 2 atom stereocenters. The Morgan fingerprint density at radius 3 is 2.59 bits per heavy atom. The second-order valence-corrected chi connectivity index (χ2v) is 7.51. The molecule has 0 unspecified atom stereocenters. The highest BCUT2D eigenvalue weighted by molar-refractivity contribution is 5.93. The van der Waals surface area contributed by atoms with E-state index in [9.17, 15) is 9.90 Å². The number of amides is 1. The van der Waals surface area contributed by atoms with Crippen LogP contribution in [0.1, 0.15) is 35.2 Å². The number of piperidine rings is 1. The van der Waals surface area contributed by atoms with E-state index in [0.717, 1.165) is 37.3 Å². The lowest BCUT2D eigenvalue weighted by Gasteiger charge is -2.49. The number of aromatic nitrogens is 1. The first-order chi connectivity index (χ1) is 13.1. The second-order valence-electron chi connectivity index (χ2n) is 7.51. The van der Waals surface area contributed by atoms with Gasteiger partial charge in [0.2, 0.25) is 5.91 Å². The highest BCUT2D eigenvalue weighted by atomic mass is 16.3. The summed E-state index contributed by atoms with van der Waals surface area (Å²) in [6.07, 6.45) is 4.56. The topological polar surface area (TPSA) is 82.7 Å². The number of benzene rings is 1. The number of anilines is 1. The molecule has 2 aromatic rings. The van der Waals surface area contributed by atoms with Crippen LogP contribution in [0.4, 0.5) is 5.82 Å². The van der Waals surface area contributed by atoms with Crippen LogP contribution in [-0.2, 0) is 5.60 Å². The van der Waals surface area contributed by atoms with Gasteiger partial charge in [0.25, 0.3) is 0 Å². The molecule has 2 aliphatic rings. The number of pyridine rings is 1. The lowest BCUT2D eigenvalue weighted by molar-refractivity contribution is -0.0603.